The number of hydrogen-bond acceptors (Lipinski definition) is 1. The van der Waals surface area contributed by atoms with E-state index in [0.29, 0.717) is 11.3 Å². The normalized spacial score (nSPS) is 25.9. The highest BCUT2D eigenvalue weighted by atomic mass is 35.5. The number of rotatable bonds is 2. The number of alkyl halides is 1. The largest absolute Gasteiger partial charge is 0.352 e. The summed E-state index contributed by atoms with van der Waals surface area (Å²) in [5.41, 5.74) is 3.36. The number of hydrogen-bond donors (Lipinski definition) is 1. The maximum Gasteiger partial charge on any atom is 0.251 e. The Morgan fingerprint density at radius 3 is 2.90 bits per heavy atom. The first-order valence-corrected chi connectivity index (χ1v) is 7.98. The third-order valence-corrected chi connectivity index (χ3v) is 5.63. The van der Waals surface area contributed by atoms with Crippen LogP contribution in [0.2, 0.25) is 0 Å². The van der Waals surface area contributed by atoms with Gasteiger partial charge in [-0.1, -0.05) is 32.4 Å². The molecule has 2 unspecified atom stereocenters. The first-order chi connectivity index (χ1) is 9.49. The van der Waals surface area contributed by atoms with Crippen LogP contribution in [0.3, 0.4) is 0 Å². The molecule has 1 fully saturated rings. The van der Waals surface area contributed by atoms with E-state index in [9.17, 15) is 4.79 Å². The lowest BCUT2D eigenvalue weighted by Crippen LogP contribution is -2.32. The molecule has 0 radical (unpaired) electrons. The topological polar surface area (TPSA) is 29.1 Å². The standard InChI is InChI=1S/C17H22ClNO/c1-17(2)8-3-4-14(17)15(18)12-6-5-11-7-9-19-16(20)13(11)10-12/h5-6,10,14-15H,3-4,7-9H2,1-2H3,(H,19,20). The van der Waals surface area contributed by atoms with Crippen molar-refractivity contribution in [1.82, 2.24) is 5.32 Å². The van der Waals surface area contributed by atoms with Gasteiger partial charge in [-0.3, -0.25) is 4.79 Å². The Hall–Kier alpha value is -1.02. The fraction of sp³-hybridized carbons (Fsp3) is 0.588. The first-order valence-electron chi connectivity index (χ1n) is 7.54. The summed E-state index contributed by atoms with van der Waals surface area (Å²) in [6.45, 7) is 5.36. The minimum absolute atomic E-state index is 0.00697. The fourth-order valence-electron chi connectivity index (χ4n) is 3.73. The van der Waals surface area contributed by atoms with Crippen LogP contribution in [0.25, 0.3) is 0 Å². The molecule has 1 aliphatic carbocycles. The summed E-state index contributed by atoms with van der Waals surface area (Å²) in [6.07, 6.45) is 4.60. The lowest BCUT2D eigenvalue weighted by molar-refractivity contribution is 0.0946. The molecule has 2 aliphatic rings. The van der Waals surface area contributed by atoms with Crippen LogP contribution in [0.15, 0.2) is 18.2 Å². The van der Waals surface area contributed by atoms with Gasteiger partial charge in [-0.15, -0.1) is 11.6 Å². The molecular weight excluding hydrogens is 270 g/mol. The summed E-state index contributed by atoms with van der Waals surface area (Å²) in [6, 6.07) is 6.21. The number of halogens is 1. The van der Waals surface area contributed by atoms with E-state index in [1.807, 2.05) is 6.07 Å². The predicted molar refractivity (Wildman–Crippen MR) is 82.2 cm³/mol. The third-order valence-electron chi connectivity index (χ3n) is 5.07. The second-order valence-corrected chi connectivity index (χ2v) is 7.28. The second kappa shape index (κ2) is 5.07. The quantitative estimate of drug-likeness (QED) is 0.817. The van der Waals surface area contributed by atoms with Gasteiger partial charge in [0, 0.05) is 12.1 Å². The van der Waals surface area contributed by atoms with Crippen LogP contribution < -0.4 is 5.32 Å². The zero-order valence-electron chi connectivity index (χ0n) is 12.2. The highest BCUT2D eigenvalue weighted by molar-refractivity contribution is 6.21. The van der Waals surface area contributed by atoms with Crippen LogP contribution in [0.4, 0.5) is 0 Å². The Morgan fingerprint density at radius 1 is 1.40 bits per heavy atom. The molecule has 1 aromatic rings. The van der Waals surface area contributed by atoms with Crippen LogP contribution in [-0.2, 0) is 6.42 Å². The van der Waals surface area contributed by atoms with Gasteiger partial charge < -0.3 is 5.32 Å². The van der Waals surface area contributed by atoms with E-state index in [0.717, 1.165) is 29.7 Å². The van der Waals surface area contributed by atoms with Crippen molar-refractivity contribution in [2.45, 2.75) is 44.9 Å². The number of nitrogens with one attached hydrogen (secondary N) is 1. The Balaban J connectivity index is 1.91. The van der Waals surface area contributed by atoms with Crippen LogP contribution in [0, 0.1) is 11.3 Å². The van der Waals surface area contributed by atoms with Gasteiger partial charge in [-0.25, -0.2) is 0 Å². The third kappa shape index (κ3) is 2.35. The van der Waals surface area contributed by atoms with Gasteiger partial charge in [0.1, 0.15) is 0 Å². The predicted octanol–water partition coefficient (Wildman–Crippen LogP) is 4.08. The van der Waals surface area contributed by atoms with E-state index >= 15 is 0 Å². The smallest absolute Gasteiger partial charge is 0.251 e. The molecule has 1 aromatic carbocycles. The van der Waals surface area contributed by atoms with Crippen molar-refractivity contribution >= 4 is 17.5 Å². The molecule has 2 atom stereocenters. The van der Waals surface area contributed by atoms with Crippen molar-refractivity contribution in [2.24, 2.45) is 11.3 Å². The number of carbonyl (C=O) groups excluding carboxylic acids is 1. The SMILES string of the molecule is CC1(C)CCCC1C(Cl)c1ccc2c(c1)C(=O)NCC2. The summed E-state index contributed by atoms with van der Waals surface area (Å²) in [5, 5.41) is 2.92. The average Bonchev–Trinajstić information content (AvgIpc) is 2.78. The van der Waals surface area contributed by atoms with Crippen molar-refractivity contribution in [3.8, 4) is 0 Å². The molecule has 0 bridgehead atoms. The van der Waals surface area contributed by atoms with Gasteiger partial charge in [-0.2, -0.15) is 0 Å². The van der Waals surface area contributed by atoms with Crippen molar-refractivity contribution in [3.63, 3.8) is 0 Å². The Kier molecular flexibility index (Phi) is 3.53. The molecule has 1 amide bonds. The van der Waals surface area contributed by atoms with Gasteiger partial charge in [-0.05, 0) is 47.8 Å². The van der Waals surface area contributed by atoms with Gasteiger partial charge in [0.15, 0.2) is 0 Å². The summed E-state index contributed by atoms with van der Waals surface area (Å²) < 4.78 is 0. The van der Waals surface area contributed by atoms with Crippen molar-refractivity contribution in [2.75, 3.05) is 6.54 Å². The average molecular weight is 292 g/mol. The van der Waals surface area contributed by atoms with E-state index in [-0.39, 0.29) is 11.3 Å². The number of fused-ring (bicyclic) bond motifs is 1. The van der Waals surface area contributed by atoms with Crippen LogP contribution in [-0.4, -0.2) is 12.5 Å². The molecule has 0 saturated heterocycles. The molecule has 2 nitrogen and oxygen atoms in total. The molecule has 0 spiro atoms. The molecule has 20 heavy (non-hydrogen) atoms. The van der Waals surface area contributed by atoms with Crippen molar-refractivity contribution < 1.29 is 4.79 Å². The molecule has 108 valence electrons. The minimum atomic E-state index is 0.00697. The van der Waals surface area contributed by atoms with Crippen molar-refractivity contribution in [1.29, 1.82) is 0 Å². The summed E-state index contributed by atoms with van der Waals surface area (Å²) in [7, 11) is 0. The van der Waals surface area contributed by atoms with Crippen LogP contribution >= 0.6 is 11.6 Å². The minimum Gasteiger partial charge on any atom is -0.352 e. The monoisotopic (exact) mass is 291 g/mol. The van der Waals surface area contributed by atoms with Gasteiger partial charge >= 0.3 is 0 Å². The molecule has 1 N–H and O–H groups in total. The van der Waals surface area contributed by atoms with E-state index in [1.54, 1.807) is 0 Å². The van der Waals surface area contributed by atoms with E-state index in [1.165, 1.54) is 19.3 Å². The molecule has 1 saturated carbocycles. The lowest BCUT2D eigenvalue weighted by atomic mass is 9.78. The number of benzene rings is 1. The van der Waals surface area contributed by atoms with Crippen molar-refractivity contribution in [3.05, 3.63) is 34.9 Å². The van der Waals surface area contributed by atoms with E-state index < -0.39 is 0 Å². The molecule has 3 heteroatoms. The molecule has 0 aromatic heterocycles. The first kappa shape index (κ1) is 13.9. The lowest BCUT2D eigenvalue weighted by Gasteiger charge is -2.31. The molecule has 3 rings (SSSR count). The maximum absolute atomic E-state index is 12.0. The summed E-state index contributed by atoms with van der Waals surface area (Å²) in [5.74, 6) is 0.538. The molecule has 1 heterocycles. The Bertz CT molecular complexity index is 538. The summed E-state index contributed by atoms with van der Waals surface area (Å²) >= 11 is 6.76. The number of carbonyl (C=O) groups is 1. The summed E-state index contributed by atoms with van der Waals surface area (Å²) in [4.78, 5) is 12.0. The number of amides is 1. The Labute approximate surface area is 125 Å². The van der Waals surface area contributed by atoms with Crippen LogP contribution in [0.1, 0.15) is 60.0 Å². The second-order valence-electron chi connectivity index (χ2n) is 6.81. The fourth-order valence-corrected chi connectivity index (χ4v) is 4.33. The Morgan fingerprint density at radius 2 is 2.20 bits per heavy atom. The van der Waals surface area contributed by atoms with Crippen LogP contribution in [0.5, 0.6) is 0 Å². The van der Waals surface area contributed by atoms with Gasteiger partial charge in [0.05, 0.1) is 5.38 Å². The zero-order chi connectivity index (χ0) is 14.3. The molecule has 1 aliphatic heterocycles. The molecular formula is C17H22ClNO. The highest BCUT2D eigenvalue weighted by Crippen LogP contribution is 2.51. The highest BCUT2D eigenvalue weighted by Gasteiger charge is 2.39. The zero-order valence-corrected chi connectivity index (χ0v) is 13.0. The van der Waals surface area contributed by atoms with E-state index in [4.69, 9.17) is 11.6 Å². The van der Waals surface area contributed by atoms with Gasteiger partial charge in [0.25, 0.3) is 5.91 Å². The van der Waals surface area contributed by atoms with Gasteiger partial charge in [0.2, 0.25) is 0 Å². The van der Waals surface area contributed by atoms with E-state index in [2.05, 4.69) is 31.3 Å². The maximum atomic E-state index is 12.0.